The summed E-state index contributed by atoms with van der Waals surface area (Å²) in [5.41, 5.74) is 0. The van der Waals surface area contributed by atoms with E-state index in [-0.39, 0.29) is 0 Å². The number of rotatable bonds is 3. The van der Waals surface area contributed by atoms with Crippen molar-refractivity contribution in [2.24, 2.45) is 0 Å². The smallest absolute Gasteiger partial charge is 0.247 e. The van der Waals surface area contributed by atoms with Gasteiger partial charge in [0, 0.05) is 0 Å². The largest absolute Gasteiger partial charge is 0.459 e. The SMILES string of the molecule is [O]C(=O)CC(F)(F)C(F)(F)C(F)(F)F. The molecule has 0 bridgehead atoms. The molecule has 0 aromatic rings. The zero-order chi connectivity index (χ0) is 11.8. The molecule has 83 valence electrons. The summed E-state index contributed by atoms with van der Waals surface area (Å²) in [7, 11) is 0. The summed E-state index contributed by atoms with van der Waals surface area (Å²) in [6.07, 6.45) is -9.20. The number of carbonyl (C=O) groups excluding carboxylic acids is 1. The van der Waals surface area contributed by atoms with E-state index in [1.54, 1.807) is 0 Å². The van der Waals surface area contributed by atoms with Crippen LogP contribution in [-0.2, 0) is 9.90 Å². The minimum absolute atomic E-state index is 2.69. The molecule has 0 N–H and O–H groups in total. The highest BCUT2D eigenvalue weighted by Crippen LogP contribution is 2.47. The fourth-order valence-electron chi connectivity index (χ4n) is 0.500. The van der Waals surface area contributed by atoms with Gasteiger partial charge in [0.2, 0.25) is 0 Å². The number of hydrogen-bond donors (Lipinski definition) is 0. The standard InChI is InChI=1S/C5H2F7O2/c6-3(7,1-2(13)14)4(8,9)5(10,11)12/h1H2. The molecule has 0 unspecified atom stereocenters. The normalized spacial score (nSPS) is 14.2. The van der Waals surface area contributed by atoms with Gasteiger partial charge in [-0.3, -0.25) is 0 Å². The summed E-state index contributed by atoms with van der Waals surface area (Å²) < 4.78 is 81.9. The fraction of sp³-hybridized carbons (Fsp3) is 0.800. The average molecular weight is 227 g/mol. The van der Waals surface area contributed by atoms with Crippen LogP contribution in [0.25, 0.3) is 0 Å². The van der Waals surface area contributed by atoms with Crippen molar-refractivity contribution in [2.75, 3.05) is 0 Å². The molecule has 0 atom stereocenters. The first-order valence-corrected chi connectivity index (χ1v) is 2.94. The second kappa shape index (κ2) is 3.28. The Kier molecular flexibility index (Phi) is 3.04. The third-order valence-electron chi connectivity index (χ3n) is 1.18. The van der Waals surface area contributed by atoms with Gasteiger partial charge in [0.05, 0.1) is 0 Å². The van der Waals surface area contributed by atoms with Crippen molar-refractivity contribution < 1.29 is 40.6 Å². The van der Waals surface area contributed by atoms with Gasteiger partial charge >= 0.3 is 24.0 Å². The second-order valence-corrected chi connectivity index (χ2v) is 2.33. The van der Waals surface area contributed by atoms with Crippen LogP contribution in [-0.4, -0.2) is 24.0 Å². The molecule has 2 nitrogen and oxygen atoms in total. The highest BCUT2D eigenvalue weighted by atomic mass is 19.4. The lowest BCUT2D eigenvalue weighted by Gasteiger charge is -2.26. The quantitative estimate of drug-likeness (QED) is 0.680. The monoisotopic (exact) mass is 227 g/mol. The lowest BCUT2D eigenvalue weighted by atomic mass is 10.1. The lowest BCUT2D eigenvalue weighted by molar-refractivity contribution is -0.354. The molecule has 0 aromatic heterocycles. The van der Waals surface area contributed by atoms with E-state index in [1.807, 2.05) is 0 Å². The Bertz CT molecular complexity index is 231. The zero-order valence-electron chi connectivity index (χ0n) is 6.17. The van der Waals surface area contributed by atoms with Crippen LogP contribution in [0.3, 0.4) is 0 Å². The Hall–Kier alpha value is -1.02. The highest BCUT2D eigenvalue weighted by molar-refractivity contribution is 5.67. The van der Waals surface area contributed by atoms with Crippen LogP contribution in [0.4, 0.5) is 30.7 Å². The number of carbonyl (C=O) groups is 1. The maximum atomic E-state index is 12.1. The fourth-order valence-corrected chi connectivity index (χ4v) is 0.500. The van der Waals surface area contributed by atoms with E-state index in [0.717, 1.165) is 0 Å². The van der Waals surface area contributed by atoms with Crippen LogP contribution in [0.5, 0.6) is 0 Å². The molecule has 0 aliphatic carbocycles. The molecule has 0 saturated heterocycles. The third kappa shape index (κ3) is 2.26. The van der Waals surface area contributed by atoms with Crippen molar-refractivity contribution in [1.29, 1.82) is 0 Å². The topological polar surface area (TPSA) is 37.0 Å². The molecule has 0 heterocycles. The Balaban J connectivity index is 4.97. The lowest BCUT2D eigenvalue weighted by Crippen LogP contribution is -2.52. The molecule has 0 amide bonds. The summed E-state index contributed by atoms with van der Waals surface area (Å²) in [5, 5.41) is 9.50. The maximum absolute atomic E-state index is 12.1. The second-order valence-electron chi connectivity index (χ2n) is 2.33. The van der Waals surface area contributed by atoms with Gasteiger partial charge in [-0.15, -0.1) is 0 Å². The Labute approximate surface area is 72.3 Å². The molecule has 0 aromatic carbocycles. The zero-order valence-corrected chi connectivity index (χ0v) is 6.17. The Morgan fingerprint density at radius 2 is 1.29 bits per heavy atom. The minimum atomic E-state index is -6.51. The van der Waals surface area contributed by atoms with Gasteiger partial charge < -0.3 is 0 Å². The van der Waals surface area contributed by atoms with Crippen LogP contribution < -0.4 is 0 Å². The predicted octanol–water partition coefficient (Wildman–Crippen LogP) is 2.17. The first kappa shape index (κ1) is 13.0. The molecule has 9 heteroatoms. The molecule has 0 rings (SSSR count). The first-order chi connectivity index (χ1) is 5.92. The average Bonchev–Trinajstić information content (AvgIpc) is 1.80. The van der Waals surface area contributed by atoms with Crippen LogP contribution in [0.2, 0.25) is 0 Å². The molecule has 0 fully saturated rings. The van der Waals surface area contributed by atoms with Crippen molar-refractivity contribution in [2.45, 2.75) is 24.4 Å². The summed E-state index contributed by atoms with van der Waals surface area (Å²) in [4.78, 5) is 9.50. The van der Waals surface area contributed by atoms with E-state index in [0.29, 0.717) is 0 Å². The minimum Gasteiger partial charge on any atom is -0.247 e. The molecule has 14 heavy (non-hydrogen) atoms. The van der Waals surface area contributed by atoms with Crippen LogP contribution in [0.1, 0.15) is 6.42 Å². The first-order valence-electron chi connectivity index (χ1n) is 2.94. The van der Waals surface area contributed by atoms with Gasteiger partial charge in [0.1, 0.15) is 6.42 Å². The van der Waals surface area contributed by atoms with Gasteiger partial charge in [-0.1, -0.05) is 0 Å². The molecular weight excluding hydrogens is 225 g/mol. The van der Waals surface area contributed by atoms with Crippen LogP contribution in [0, 0.1) is 0 Å². The van der Waals surface area contributed by atoms with Gasteiger partial charge in [-0.05, 0) is 0 Å². The van der Waals surface area contributed by atoms with Gasteiger partial charge in [0.15, 0.2) is 0 Å². The summed E-state index contributed by atoms with van der Waals surface area (Å²) >= 11 is 0. The highest BCUT2D eigenvalue weighted by Gasteiger charge is 2.73. The van der Waals surface area contributed by atoms with Crippen molar-refractivity contribution >= 4 is 5.97 Å². The van der Waals surface area contributed by atoms with Crippen LogP contribution >= 0.6 is 0 Å². The Morgan fingerprint density at radius 1 is 0.929 bits per heavy atom. The van der Waals surface area contributed by atoms with Crippen LogP contribution in [0.15, 0.2) is 0 Å². The van der Waals surface area contributed by atoms with E-state index in [1.165, 1.54) is 0 Å². The molecule has 0 saturated carbocycles. The summed E-state index contributed by atoms with van der Waals surface area (Å²) in [6.45, 7) is 0. The maximum Gasteiger partial charge on any atom is 0.459 e. The number of halogens is 7. The van der Waals surface area contributed by atoms with Crippen molar-refractivity contribution in [3.8, 4) is 0 Å². The molecule has 0 spiro atoms. The number of hydrogen-bond acceptors (Lipinski definition) is 1. The van der Waals surface area contributed by atoms with Gasteiger partial charge in [0.25, 0.3) is 0 Å². The van der Waals surface area contributed by atoms with E-state index in [2.05, 4.69) is 0 Å². The van der Waals surface area contributed by atoms with Gasteiger partial charge in [-0.25, -0.2) is 9.90 Å². The molecule has 0 aliphatic rings. The van der Waals surface area contributed by atoms with E-state index < -0.39 is 30.4 Å². The summed E-state index contributed by atoms with van der Waals surface area (Å²) in [5.74, 6) is -14.8. The van der Waals surface area contributed by atoms with E-state index in [4.69, 9.17) is 0 Å². The van der Waals surface area contributed by atoms with E-state index in [9.17, 15) is 40.6 Å². The number of alkyl halides is 7. The van der Waals surface area contributed by atoms with Crippen molar-refractivity contribution in [1.82, 2.24) is 0 Å². The third-order valence-corrected chi connectivity index (χ3v) is 1.18. The van der Waals surface area contributed by atoms with Gasteiger partial charge in [-0.2, -0.15) is 30.7 Å². The predicted molar refractivity (Wildman–Crippen MR) is 26.3 cm³/mol. The van der Waals surface area contributed by atoms with E-state index >= 15 is 0 Å². The Morgan fingerprint density at radius 3 is 1.50 bits per heavy atom. The summed E-state index contributed by atoms with van der Waals surface area (Å²) in [6, 6.07) is 0. The molecule has 0 aliphatic heterocycles. The molecule has 1 radical (unpaired) electrons. The van der Waals surface area contributed by atoms with Crippen molar-refractivity contribution in [3.05, 3.63) is 0 Å². The molecular formula is C5H2F7O2. The van der Waals surface area contributed by atoms with Crippen molar-refractivity contribution in [3.63, 3.8) is 0 Å².